The van der Waals surface area contributed by atoms with Crippen LogP contribution >= 0.6 is 0 Å². The van der Waals surface area contributed by atoms with Gasteiger partial charge in [-0.15, -0.1) is 0 Å². The van der Waals surface area contributed by atoms with Gasteiger partial charge < -0.3 is 5.32 Å². The number of hydrogen-bond acceptors (Lipinski definition) is 7. The second-order valence-electron chi connectivity index (χ2n) is 8.09. The van der Waals surface area contributed by atoms with Gasteiger partial charge in [-0.3, -0.25) is 10.2 Å². The first kappa shape index (κ1) is 23.2. The Morgan fingerprint density at radius 1 is 1.18 bits per heavy atom. The molecule has 0 aliphatic carbocycles. The van der Waals surface area contributed by atoms with E-state index in [-0.39, 0.29) is 30.7 Å². The summed E-state index contributed by atoms with van der Waals surface area (Å²) in [5.74, 6) is -0.831. The predicted molar refractivity (Wildman–Crippen MR) is 116 cm³/mol. The first-order chi connectivity index (χ1) is 15.5. The molecule has 9 nitrogen and oxygen atoms in total. The summed E-state index contributed by atoms with van der Waals surface area (Å²) in [6, 6.07) is 7.07. The lowest BCUT2D eigenvalue weighted by Gasteiger charge is -2.30. The number of sulfonamides is 1. The van der Waals surface area contributed by atoms with Gasteiger partial charge in [0.1, 0.15) is 11.4 Å². The fourth-order valence-electron chi connectivity index (χ4n) is 3.94. The summed E-state index contributed by atoms with van der Waals surface area (Å²) in [4.78, 5) is 20.1. The minimum atomic E-state index is -4.67. The highest BCUT2D eigenvalue weighted by atomic mass is 32.2. The van der Waals surface area contributed by atoms with Gasteiger partial charge >= 0.3 is 6.18 Å². The Bertz CT molecular complexity index is 1150. The number of nitrogens with zero attached hydrogens (tertiary/aromatic N) is 4. The third-order valence-electron chi connectivity index (χ3n) is 5.73. The lowest BCUT2D eigenvalue weighted by molar-refractivity contribution is -0.137. The van der Waals surface area contributed by atoms with Crippen LogP contribution in [0.4, 0.5) is 30.6 Å². The highest BCUT2D eigenvalue weighted by Crippen LogP contribution is 2.35. The Balaban J connectivity index is 1.49. The zero-order chi connectivity index (χ0) is 23.8. The van der Waals surface area contributed by atoms with Crippen LogP contribution in [0.3, 0.4) is 0 Å². The normalized spacial score (nSPS) is 17.8. The molecule has 1 saturated heterocycles. The van der Waals surface area contributed by atoms with Gasteiger partial charge in [0.15, 0.2) is 0 Å². The number of halogens is 3. The van der Waals surface area contributed by atoms with Crippen molar-refractivity contribution in [2.75, 3.05) is 41.6 Å². The molecular formula is C20H23F3N6O3S. The van der Waals surface area contributed by atoms with E-state index >= 15 is 0 Å². The summed E-state index contributed by atoms with van der Waals surface area (Å²) >= 11 is 0. The monoisotopic (exact) mass is 484 g/mol. The van der Waals surface area contributed by atoms with Crippen molar-refractivity contribution in [2.24, 2.45) is 5.92 Å². The van der Waals surface area contributed by atoms with E-state index in [4.69, 9.17) is 0 Å². The zero-order valence-corrected chi connectivity index (χ0v) is 18.6. The molecule has 0 bridgehead atoms. The van der Waals surface area contributed by atoms with E-state index in [0.29, 0.717) is 37.8 Å². The number of benzene rings is 1. The minimum absolute atomic E-state index is 0.0116. The zero-order valence-electron chi connectivity index (χ0n) is 17.8. The van der Waals surface area contributed by atoms with Crippen molar-refractivity contribution >= 4 is 33.4 Å². The van der Waals surface area contributed by atoms with Gasteiger partial charge in [0, 0.05) is 25.8 Å². The number of amides is 1. The van der Waals surface area contributed by atoms with Crippen LogP contribution < -0.4 is 15.8 Å². The topological polar surface area (TPSA) is 108 Å². The molecule has 3 heterocycles. The summed E-state index contributed by atoms with van der Waals surface area (Å²) in [6.07, 6.45) is -1.64. The first-order valence-corrected chi connectivity index (χ1v) is 12.2. The number of rotatable bonds is 6. The minimum Gasteiger partial charge on any atom is -0.369 e. The van der Waals surface area contributed by atoms with Gasteiger partial charge in [0.25, 0.3) is 0 Å². The van der Waals surface area contributed by atoms with Crippen molar-refractivity contribution in [1.82, 2.24) is 14.3 Å². The number of fused-ring (bicyclic) bond motifs is 1. The molecule has 1 aromatic heterocycles. The van der Waals surface area contributed by atoms with E-state index < -0.39 is 27.6 Å². The van der Waals surface area contributed by atoms with Crippen LogP contribution in [-0.4, -0.2) is 54.5 Å². The van der Waals surface area contributed by atoms with E-state index in [2.05, 4.69) is 20.7 Å². The summed E-state index contributed by atoms with van der Waals surface area (Å²) in [5.41, 5.74) is 3.08. The van der Waals surface area contributed by atoms with Crippen LogP contribution in [0, 0.1) is 5.92 Å². The molecule has 0 unspecified atom stereocenters. The Kier molecular flexibility index (Phi) is 6.18. The fourth-order valence-corrected chi connectivity index (χ4v) is 4.82. The van der Waals surface area contributed by atoms with E-state index in [9.17, 15) is 26.4 Å². The summed E-state index contributed by atoms with van der Waals surface area (Å²) in [5, 5.41) is 3.98. The molecule has 178 valence electrons. The lowest BCUT2D eigenvalue weighted by atomic mass is 9.98. The summed E-state index contributed by atoms with van der Waals surface area (Å²) in [7, 11) is -3.28. The van der Waals surface area contributed by atoms with Gasteiger partial charge in [-0.2, -0.15) is 18.2 Å². The van der Waals surface area contributed by atoms with Crippen molar-refractivity contribution in [3.8, 4) is 0 Å². The Morgan fingerprint density at radius 2 is 1.88 bits per heavy atom. The van der Waals surface area contributed by atoms with Crippen molar-refractivity contribution in [2.45, 2.75) is 25.4 Å². The molecule has 0 saturated carbocycles. The van der Waals surface area contributed by atoms with Gasteiger partial charge in [0.05, 0.1) is 18.4 Å². The Labute approximate surface area is 189 Å². The van der Waals surface area contributed by atoms with Crippen molar-refractivity contribution in [3.05, 3.63) is 41.6 Å². The molecule has 1 aromatic carbocycles. The maximum absolute atomic E-state index is 13.5. The van der Waals surface area contributed by atoms with E-state index in [1.54, 1.807) is 24.3 Å². The third-order valence-corrected chi connectivity index (χ3v) is 7.03. The van der Waals surface area contributed by atoms with E-state index in [1.165, 1.54) is 9.31 Å². The summed E-state index contributed by atoms with van der Waals surface area (Å²) in [6.45, 7) is 0.845. The first-order valence-electron chi connectivity index (χ1n) is 10.3. The van der Waals surface area contributed by atoms with Crippen molar-refractivity contribution < 1.29 is 26.4 Å². The molecule has 0 spiro atoms. The van der Waals surface area contributed by atoms with Crippen LogP contribution in [0.2, 0.25) is 0 Å². The van der Waals surface area contributed by atoms with Crippen LogP contribution in [0.15, 0.2) is 30.5 Å². The van der Waals surface area contributed by atoms with E-state index in [0.717, 1.165) is 11.8 Å². The maximum atomic E-state index is 13.5. The SMILES string of the molecule is CS(=O)(=O)N1CCC(CNc2nc(NN3C(=O)Cc4ccccc43)ncc2C(F)(F)F)CC1. The largest absolute Gasteiger partial charge is 0.421 e. The molecule has 2 aliphatic heterocycles. The molecule has 13 heteroatoms. The highest BCUT2D eigenvalue weighted by Gasteiger charge is 2.36. The second kappa shape index (κ2) is 8.78. The highest BCUT2D eigenvalue weighted by molar-refractivity contribution is 7.88. The molecule has 0 atom stereocenters. The molecule has 2 aliphatic rings. The summed E-state index contributed by atoms with van der Waals surface area (Å²) < 4.78 is 65.2. The van der Waals surface area contributed by atoms with E-state index in [1.807, 2.05) is 0 Å². The average molecular weight is 485 g/mol. The fraction of sp³-hybridized carbons (Fsp3) is 0.450. The molecule has 2 aromatic rings. The molecule has 4 rings (SSSR count). The quantitative estimate of drug-likeness (QED) is 0.649. The Hall–Kier alpha value is -2.93. The number of hydrogen-bond donors (Lipinski definition) is 2. The Morgan fingerprint density at radius 3 is 2.55 bits per heavy atom. The van der Waals surface area contributed by atoms with Crippen molar-refractivity contribution in [1.29, 1.82) is 0 Å². The van der Waals surface area contributed by atoms with Gasteiger partial charge in [-0.25, -0.2) is 22.7 Å². The number of carbonyl (C=O) groups is 1. The lowest BCUT2D eigenvalue weighted by Crippen LogP contribution is -2.39. The van der Waals surface area contributed by atoms with Crippen molar-refractivity contribution in [3.63, 3.8) is 0 Å². The molecule has 1 amide bonds. The van der Waals surface area contributed by atoms with Crippen LogP contribution in [0.25, 0.3) is 0 Å². The van der Waals surface area contributed by atoms with Crippen LogP contribution in [0.1, 0.15) is 24.0 Å². The van der Waals surface area contributed by atoms with Crippen LogP contribution in [-0.2, 0) is 27.4 Å². The molecule has 1 fully saturated rings. The predicted octanol–water partition coefficient (Wildman–Crippen LogP) is 2.50. The number of alkyl halides is 3. The number of piperidine rings is 1. The van der Waals surface area contributed by atoms with Gasteiger partial charge in [0.2, 0.25) is 21.9 Å². The number of anilines is 3. The number of carbonyl (C=O) groups excluding carboxylic acids is 1. The molecule has 0 radical (unpaired) electrons. The maximum Gasteiger partial charge on any atom is 0.421 e. The molecular weight excluding hydrogens is 461 g/mol. The second-order valence-corrected chi connectivity index (χ2v) is 10.1. The molecule has 33 heavy (non-hydrogen) atoms. The standard InChI is InChI=1S/C20H23F3N6O3S/c1-33(31,32)28-8-6-13(7-9-28)11-24-18-15(20(21,22)23)12-25-19(26-18)27-29-16-5-3-2-4-14(16)10-17(29)30/h2-5,12-13H,6-11H2,1H3,(H2,24,25,26,27). The number of aromatic nitrogens is 2. The number of para-hydroxylation sites is 1. The van der Waals surface area contributed by atoms with Crippen LogP contribution in [0.5, 0.6) is 0 Å². The smallest absolute Gasteiger partial charge is 0.369 e. The van der Waals surface area contributed by atoms with Gasteiger partial charge in [-0.05, 0) is 30.4 Å². The average Bonchev–Trinajstić information content (AvgIpc) is 3.06. The number of nitrogens with one attached hydrogen (secondary N) is 2. The molecule has 2 N–H and O–H groups in total. The van der Waals surface area contributed by atoms with Gasteiger partial charge in [-0.1, -0.05) is 18.2 Å². The third kappa shape index (κ3) is 5.19. The number of hydrazine groups is 1.